The first-order valence-electron chi connectivity index (χ1n) is 3.56. The Labute approximate surface area is 67.5 Å². The van der Waals surface area contributed by atoms with Crippen molar-refractivity contribution in [2.45, 2.75) is 24.7 Å². The zero-order valence-electron chi connectivity index (χ0n) is 6.47. The Morgan fingerprint density at radius 1 is 1.67 bits per heavy atom. The minimum absolute atomic E-state index is 0.147. The zero-order chi connectivity index (χ0) is 8.98. The Balaban J connectivity index is 2.34. The third-order valence-corrected chi connectivity index (χ3v) is 2.33. The second kappa shape index (κ2) is 1.78. The number of anilines is 1. The van der Waals surface area contributed by atoms with Gasteiger partial charge < -0.3 is 10.3 Å². The van der Waals surface area contributed by atoms with Gasteiger partial charge in [-0.3, -0.25) is 0 Å². The predicted molar refractivity (Wildman–Crippen MR) is 37.8 cm³/mol. The maximum absolute atomic E-state index is 12.7. The summed E-state index contributed by atoms with van der Waals surface area (Å²) in [4.78, 5) is 0. The van der Waals surface area contributed by atoms with Crippen LogP contribution in [0.4, 0.5) is 14.6 Å². The summed E-state index contributed by atoms with van der Waals surface area (Å²) in [5.41, 5.74) is 4.06. The Kier molecular flexibility index (Phi) is 1.12. The van der Waals surface area contributed by atoms with Crippen LogP contribution in [0.3, 0.4) is 0 Å². The lowest BCUT2D eigenvalue weighted by Gasteiger charge is -2.02. The lowest BCUT2D eigenvalue weighted by atomic mass is 10.1. The molecule has 0 spiro atoms. The highest BCUT2D eigenvalue weighted by atomic mass is 19.3. The van der Waals surface area contributed by atoms with Gasteiger partial charge in [0, 0.05) is 12.5 Å². The minimum atomic E-state index is -2.67. The molecule has 3 nitrogen and oxygen atoms in total. The van der Waals surface area contributed by atoms with Crippen molar-refractivity contribution in [3.8, 4) is 0 Å². The van der Waals surface area contributed by atoms with Crippen molar-refractivity contribution in [1.82, 2.24) is 5.16 Å². The Morgan fingerprint density at radius 3 is 2.58 bits per heavy atom. The van der Waals surface area contributed by atoms with Gasteiger partial charge in [0.2, 0.25) is 0 Å². The first-order chi connectivity index (χ1) is 5.46. The summed E-state index contributed by atoms with van der Waals surface area (Å²) in [6, 6.07) is 1.35. The van der Waals surface area contributed by atoms with Gasteiger partial charge in [0.1, 0.15) is 0 Å². The summed E-state index contributed by atoms with van der Waals surface area (Å²) >= 11 is 0. The van der Waals surface area contributed by atoms with Gasteiger partial charge in [-0.25, -0.2) is 8.78 Å². The molecule has 2 rings (SSSR count). The number of aromatic nitrogens is 1. The van der Waals surface area contributed by atoms with Crippen LogP contribution in [-0.4, -0.2) is 11.1 Å². The molecule has 0 radical (unpaired) electrons. The van der Waals surface area contributed by atoms with E-state index < -0.39 is 11.3 Å². The summed E-state index contributed by atoms with van der Waals surface area (Å²) in [6.07, 6.45) is -0.186. The molecule has 66 valence electrons. The number of hydrogen-bond acceptors (Lipinski definition) is 3. The van der Waals surface area contributed by atoms with Crippen LogP contribution in [0.25, 0.3) is 0 Å². The van der Waals surface area contributed by atoms with Gasteiger partial charge in [-0.05, 0) is 6.92 Å². The first-order valence-corrected chi connectivity index (χ1v) is 3.56. The van der Waals surface area contributed by atoms with Crippen molar-refractivity contribution in [1.29, 1.82) is 0 Å². The highest BCUT2D eigenvalue weighted by Gasteiger charge is 2.71. The molecule has 1 heterocycles. The fourth-order valence-electron chi connectivity index (χ4n) is 1.22. The highest BCUT2D eigenvalue weighted by Crippen LogP contribution is 2.61. The van der Waals surface area contributed by atoms with E-state index in [-0.39, 0.29) is 18.0 Å². The van der Waals surface area contributed by atoms with Gasteiger partial charge in [-0.2, -0.15) is 0 Å². The molecule has 0 amide bonds. The molecular weight excluding hydrogens is 166 g/mol. The van der Waals surface area contributed by atoms with Crippen LogP contribution >= 0.6 is 0 Å². The van der Waals surface area contributed by atoms with Crippen molar-refractivity contribution in [2.75, 3.05) is 5.73 Å². The minimum Gasteiger partial charge on any atom is -0.381 e. The molecule has 1 aromatic rings. The van der Waals surface area contributed by atoms with E-state index in [9.17, 15) is 8.78 Å². The molecule has 0 saturated heterocycles. The second-order valence-corrected chi connectivity index (χ2v) is 3.33. The molecule has 0 aliphatic heterocycles. The molecule has 1 aliphatic rings. The number of hydrogen-bond donors (Lipinski definition) is 1. The molecule has 1 aliphatic carbocycles. The van der Waals surface area contributed by atoms with Gasteiger partial charge >= 0.3 is 0 Å². The van der Waals surface area contributed by atoms with Gasteiger partial charge in [-0.15, -0.1) is 0 Å². The number of alkyl halides is 2. The molecular formula is C7H8F2N2O. The molecule has 1 fully saturated rings. The van der Waals surface area contributed by atoms with Gasteiger partial charge in [0.05, 0.1) is 5.41 Å². The lowest BCUT2D eigenvalue weighted by Crippen LogP contribution is -2.10. The largest absolute Gasteiger partial charge is 0.381 e. The van der Waals surface area contributed by atoms with Crippen LogP contribution in [0.5, 0.6) is 0 Å². The van der Waals surface area contributed by atoms with Crippen LogP contribution in [0.1, 0.15) is 19.1 Å². The molecule has 0 aromatic carbocycles. The summed E-state index contributed by atoms with van der Waals surface area (Å²) in [5, 5.41) is 3.36. The van der Waals surface area contributed by atoms with E-state index in [1.807, 2.05) is 0 Å². The topological polar surface area (TPSA) is 52.0 Å². The quantitative estimate of drug-likeness (QED) is 0.702. The SMILES string of the molecule is CC1(c2cc(N)no2)CC1(F)F. The van der Waals surface area contributed by atoms with Crippen LogP contribution < -0.4 is 5.73 Å². The summed E-state index contributed by atoms with van der Waals surface area (Å²) in [5.74, 6) is -2.35. The fourth-order valence-corrected chi connectivity index (χ4v) is 1.22. The molecule has 1 unspecified atom stereocenters. The molecule has 1 aromatic heterocycles. The van der Waals surface area contributed by atoms with Crippen LogP contribution in [0, 0.1) is 0 Å². The molecule has 2 N–H and O–H groups in total. The normalized spacial score (nSPS) is 31.9. The second-order valence-electron chi connectivity index (χ2n) is 3.33. The van der Waals surface area contributed by atoms with Gasteiger partial charge in [0.25, 0.3) is 5.92 Å². The fraction of sp³-hybridized carbons (Fsp3) is 0.571. The lowest BCUT2D eigenvalue weighted by molar-refractivity contribution is 0.0847. The van der Waals surface area contributed by atoms with Crippen molar-refractivity contribution in [3.05, 3.63) is 11.8 Å². The molecule has 12 heavy (non-hydrogen) atoms. The molecule has 1 saturated carbocycles. The van der Waals surface area contributed by atoms with Crippen molar-refractivity contribution >= 4 is 5.82 Å². The van der Waals surface area contributed by atoms with Crippen molar-refractivity contribution in [2.24, 2.45) is 0 Å². The van der Waals surface area contributed by atoms with E-state index in [1.165, 1.54) is 13.0 Å². The highest BCUT2D eigenvalue weighted by molar-refractivity contribution is 5.36. The van der Waals surface area contributed by atoms with Crippen molar-refractivity contribution < 1.29 is 13.3 Å². The summed E-state index contributed by atoms with van der Waals surface area (Å²) < 4.78 is 30.2. The van der Waals surface area contributed by atoms with Crippen molar-refractivity contribution in [3.63, 3.8) is 0 Å². The third-order valence-electron chi connectivity index (χ3n) is 2.33. The Morgan fingerprint density at radius 2 is 2.25 bits per heavy atom. The van der Waals surface area contributed by atoms with Crippen LogP contribution in [-0.2, 0) is 5.41 Å². The number of nitrogens with two attached hydrogens (primary N) is 1. The smallest absolute Gasteiger partial charge is 0.261 e. The average molecular weight is 174 g/mol. The third kappa shape index (κ3) is 0.761. The van der Waals surface area contributed by atoms with Gasteiger partial charge in [-0.1, -0.05) is 5.16 Å². The maximum atomic E-state index is 12.7. The zero-order valence-corrected chi connectivity index (χ0v) is 6.47. The number of nitrogen functional groups attached to an aromatic ring is 1. The van der Waals surface area contributed by atoms with E-state index in [4.69, 9.17) is 5.73 Å². The Hall–Kier alpha value is -1.13. The molecule has 1 atom stereocenters. The monoisotopic (exact) mass is 174 g/mol. The van der Waals surface area contributed by atoms with E-state index in [1.54, 1.807) is 0 Å². The van der Waals surface area contributed by atoms with E-state index in [0.717, 1.165) is 0 Å². The molecule has 0 bridgehead atoms. The maximum Gasteiger partial charge on any atom is 0.261 e. The molecule has 5 heteroatoms. The standard InChI is InChI=1S/C7H8F2N2O/c1-6(3-7(6,8)9)4-2-5(10)11-12-4/h2H,3H2,1H3,(H2,10,11). The number of halogens is 2. The van der Waals surface area contributed by atoms with E-state index >= 15 is 0 Å². The van der Waals surface area contributed by atoms with E-state index in [2.05, 4.69) is 9.68 Å². The summed E-state index contributed by atoms with van der Waals surface area (Å²) in [6.45, 7) is 1.44. The van der Waals surface area contributed by atoms with Crippen LogP contribution in [0.2, 0.25) is 0 Å². The predicted octanol–water partition coefficient (Wildman–Crippen LogP) is 1.55. The first kappa shape index (κ1) is 7.52. The summed E-state index contributed by atoms with van der Waals surface area (Å²) in [7, 11) is 0. The van der Waals surface area contributed by atoms with E-state index in [0.29, 0.717) is 0 Å². The van der Waals surface area contributed by atoms with Gasteiger partial charge in [0.15, 0.2) is 11.6 Å². The average Bonchev–Trinajstić information content (AvgIpc) is 2.37. The Bertz CT molecular complexity index is 323. The number of nitrogens with zero attached hydrogens (tertiary/aromatic N) is 1. The van der Waals surface area contributed by atoms with Crippen LogP contribution in [0.15, 0.2) is 10.6 Å². The number of rotatable bonds is 1.